The third kappa shape index (κ3) is 4.96. The molecular weight excluding hydrogens is 473 g/mol. The Morgan fingerprint density at radius 3 is 2.33 bits per heavy atom. The van der Waals surface area contributed by atoms with Gasteiger partial charge in [0.2, 0.25) is 5.91 Å². The van der Waals surface area contributed by atoms with Gasteiger partial charge in [-0.25, -0.2) is 4.79 Å². The van der Waals surface area contributed by atoms with Crippen molar-refractivity contribution in [2.45, 2.75) is 25.9 Å². The Kier molecular flexibility index (Phi) is 7.53. The molecule has 0 saturated carbocycles. The minimum Gasteiger partial charge on any atom is -0.463 e. The van der Waals surface area contributed by atoms with Crippen LogP contribution in [0.25, 0.3) is 0 Å². The van der Waals surface area contributed by atoms with E-state index in [9.17, 15) is 28.0 Å². The van der Waals surface area contributed by atoms with Crippen molar-refractivity contribution in [2.75, 3.05) is 25.6 Å². The van der Waals surface area contributed by atoms with E-state index in [0.29, 0.717) is 11.1 Å². The molecule has 0 aliphatic carbocycles. The highest BCUT2D eigenvalue weighted by atomic mass is 19.4. The number of ether oxygens (including phenoxy) is 1. The molecule has 10 heteroatoms. The molecular formula is C26H25F3N4O3. The Morgan fingerprint density at radius 2 is 1.81 bits per heavy atom. The number of allylic oxidation sites excluding steroid dienone is 1. The molecule has 1 N–H and O–H groups in total. The third-order valence-electron chi connectivity index (χ3n) is 5.94. The number of alkyl halides is 3. The van der Waals surface area contributed by atoms with E-state index in [-0.39, 0.29) is 29.4 Å². The van der Waals surface area contributed by atoms with E-state index in [1.54, 1.807) is 19.1 Å². The minimum absolute atomic E-state index is 0.0102. The van der Waals surface area contributed by atoms with Gasteiger partial charge in [0.1, 0.15) is 11.8 Å². The number of hydrogen-bond donors (Lipinski definition) is 1. The second-order valence-electron chi connectivity index (χ2n) is 8.41. The predicted octanol–water partition coefficient (Wildman–Crippen LogP) is 4.70. The largest absolute Gasteiger partial charge is 0.463 e. The van der Waals surface area contributed by atoms with E-state index >= 15 is 0 Å². The molecule has 7 nitrogen and oxygen atoms in total. The number of carbonyl (C=O) groups is 2. The molecule has 0 radical (unpaired) electrons. The lowest BCUT2D eigenvalue weighted by Crippen LogP contribution is -2.50. The summed E-state index contributed by atoms with van der Waals surface area (Å²) in [6.07, 6.45) is -4.63. The van der Waals surface area contributed by atoms with Gasteiger partial charge in [-0.3, -0.25) is 10.2 Å². The van der Waals surface area contributed by atoms with E-state index in [1.807, 2.05) is 6.07 Å². The van der Waals surface area contributed by atoms with Gasteiger partial charge in [0.15, 0.2) is 0 Å². The number of rotatable bonds is 5. The number of halogens is 3. The number of amidine groups is 1. The summed E-state index contributed by atoms with van der Waals surface area (Å²) in [6.45, 7) is 3.15. The summed E-state index contributed by atoms with van der Waals surface area (Å²) in [6, 6.07) is 12.6. The maximum Gasteiger partial charge on any atom is 0.416 e. The van der Waals surface area contributed by atoms with Crippen molar-refractivity contribution in [3.05, 3.63) is 76.5 Å². The lowest BCUT2D eigenvalue weighted by Gasteiger charge is -2.41. The normalized spacial score (nSPS) is 18.1. The number of amides is 1. The molecule has 1 heterocycles. The first-order chi connectivity index (χ1) is 16.9. The average molecular weight is 499 g/mol. The monoisotopic (exact) mass is 498 g/mol. The fourth-order valence-electron chi connectivity index (χ4n) is 4.29. The highest BCUT2D eigenvalue weighted by Gasteiger charge is 2.47. The van der Waals surface area contributed by atoms with Gasteiger partial charge < -0.3 is 14.5 Å². The number of benzene rings is 2. The van der Waals surface area contributed by atoms with Gasteiger partial charge in [0, 0.05) is 31.4 Å². The van der Waals surface area contributed by atoms with Gasteiger partial charge >= 0.3 is 12.1 Å². The number of anilines is 1. The molecule has 0 saturated heterocycles. The zero-order valence-corrected chi connectivity index (χ0v) is 20.2. The number of esters is 1. The molecule has 2 aromatic carbocycles. The van der Waals surface area contributed by atoms with Crippen molar-refractivity contribution in [1.82, 2.24) is 4.90 Å². The molecule has 1 aliphatic rings. The van der Waals surface area contributed by atoms with Crippen molar-refractivity contribution < 1.29 is 27.5 Å². The van der Waals surface area contributed by atoms with Crippen LogP contribution in [-0.4, -0.2) is 43.3 Å². The lowest BCUT2D eigenvalue weighted by molar-refractivity contribution is -0.139. The van der Waals surface area contributed by atoms with E-state index in [0.717, 1.165) is 12.1 Å². The Morgan fingerprint density at radius 1 is 1.17 bits per heavy atom. The zero-order valence-electron chi connectivity index (χ0n) is 20.2. The first-order valence-electron chi connectivity index (χ1n) is 11.1. The van der Waals surface area contributed by atoms with Crippen molar-refractivity contribution >= 4 is 23.4 Å². The Bertz CT molecular complexity index is 1260. The first kappa shape index (κ1) is 26.5. The van der Waals surface area contributed by atoms with Crippen LogP contribution < -0.4 is 4.90 Å². The van der Waals surface area contributed by atoms with E-state index in [4.69, 9.17) is 10.1 Å². The van der Waals surface area contributed by atoms with Crippen LogP contribution in [0.15, 0.2) is 59.8 Å². The summed E-state index contributed by atoms with van der Waals surface area (Å²) < 4.78 is 45.6. The fourth-order valence-corrected chi connectivity index (χ4v) is 4.29. The van der Waals surface area contributed by atoms with Gasteiger partial charge in [0.05, 0.1) is 29.4 Å². The molecule has 0 bridgehead atoms. The number of nitrogens with one attached hydrogen (secondary N) is 1. The highest BCUT2D eigenvalue weighted by molar-refractivity contribution is 6.15. The van der Waals surface area contributed by atoms with Crippen LogP contribution in [-0.2, 0) is 20.5 Å². The summed E-state index contributed by atoms with van der Waals surface area (Å²) in [5.74, 6) is -3.74. The maximum absolute atomic E-state index is 13.4. The predicted molar refractivity (Wildman–Crippen MR) is 127 cm³/mol. The molecule has 0 spiro atoms. The Balaban J connectivity index is 2.33. The SMILES string of the molecule is CCOC(=O)C1=C(C)N(c2cccc(C(F)(F)F)c2)C(=N)[C@H](C(=O)N(C)C)C1c1ccc(C#N)cc1. The van der Waals surface area contributed by atoms with Crippen LogP contribution in [0.1, 0.15) is 36.5 Å². The summed E-state index contributed by atoms with van der Waals surface area (Å²) in [5, 5.41) is 18.1. The van der Waals surface area contributed by atoms with Gasteiger partial charge in [-0.15, -0.1) is 0 Å². The lowest BCUT2D eigenvalue weighted by atomic mass is 9.74. The molecule has 2 atom stereocenters. The summed E-state index contributed by atoms with van der Waals surface area (Å²) >= 11 is 0. The molecule has 1 amide bonds. The summed E-state index contributed by atoms with van der Waals surface area (Å²) in [4.78, 5) is 29.1. The van der Waals surface area contributed by atoms with Gasteiger partial charge in [-0.2, -0.15) is 18.4 Å². The third-order valence-corrected chi connectivity index (χ3v) is 5.94. The van der Waals surface area contributed by atoms with E-state index < -0.39 is 35.5 Å². The van der Waals surface area contributed by atoms with Crippen LogP contribution in [0.4, 0.5) is 18.9 Å². The molecule has 36 heavy (non-hydrogen) atoms. The van der Waals surface area contributed by atoms with Crippen LogP contribution in [0.3, 0.4) is 0 Å². The van der Waals surface area contributed by atoms with Crippen molar-refractivity contribution in [3.8, 4) is 6.07 Å². The van der Waals surface area contributed by atoms with Crippen molar-refractivity contribution in [3.63, 3.8) is 0 Å². The fraction of sp³-hybridized carbons (Fsp3) is 0.308. The maximum atomic E-state index is 13.4. The zero-order chi connectivity index (χ0) is 26.8. The second kappa shape index (κ2) is 10.2. The number of hydrogen-bond acceptors (Lipinski definition) is 5. The highest BCUT2D eigenvalue weighted by Crippen LogP contribution is 2.44. The van der Waals surface area contributed by atoms with Crippen LogP contribution in [0.5, 0.6) is 0 Å². The molecule has 0 fully saturated rings. The number of nitrogens with zero attached hydrogens (tertiary/aromatic N) is 3. The topological polar surface area (TPSA) is 97.5 Å². The Hall–Kier alpha value is -4.13. The second-order valence-corrected chi connectivity index (χ2v) is 8.41. The Labute approximate surface area is 206 Å². The minimum atomic E-state index is -4.63. The quantitative estimate of drug-likeness (QED) is 0.603. The molecule has 1 unspecified atom stereocenters. The van der Waals surface area contributed by atoms with Crippen LogP contribution >= 0.6 is 0 Å². The summed E-state index contributed by atoms with van der Waals surface area (Å²) in [5.41, 5.74) is 0.145. The van der Waals surface area contributed by atoms with Crippen molar-refractivity contribution in [2.24, 2.45) is 5.92 Å². The van der Waals surface area contributed by atoms with Gasteiger partial charge in [0.25, 0.3) is 0 Å². The number of nitriles is 1. The van der Waals surface area contributed by atoms with Crippen molar-refractivity contribution in [1.29, 1.82) is 10.7 Å². The van der Waals surface area contributed by atoms with E-state index in [1.165, 1.54) is 55.1 Å². The standard InChI is InChI=1S/C26H25F3N4O3/c1-5-36-25(35)20-15(2)33(19-8-6-7-18(13-19)26(27,28)29)23(31)22(24(34)32(3)4)21(20)17-11-9-16(14-30)10-12-17/h6-13,21-22,31H,5H2,1-4H3/t21?,22-/m1/s1. The van der Waals surface area contributed by atoms with Gasteiger partial charge in [-0.1, -0.05) is 18.2 Å². The molecule has 3 rings (SSSR count). The molecule has 1 aliphatic heterocycles. The smallest absolute Gasteiger partial charge is 0.416 e. The first-order valence-corrected chi connectivity index (χ1v) is 11.1. The van der Waals surface area contributed by atoms with Crippen LogP contribution in [0.2, 0.25) is 0 Å². The van der Waals surface area contributed by atoms with E-state index in [2.05, 4.69) is 0 Å². The average Bonchev–Trinajstić information content (AvgIpc) is 2.83. The number of carbonyl (C=O) groups excluding carboxylic acids is 2. The summed E-state index contributed by atoms with van der Waals surface area (Å²) in [7, 11) is 2.99. The molecule has 188 valence electrons. The van der Waals surface area contributed by atoms with Gasteiger partial charge in [-0.05, 0) is 49.7 Å². The molecule has 0 aromatic heterocycles. The molecule has 2 aromatic rings. The van der Waals surface area contributed by atoms with Crippen LogP contribution in [0, 0.1) is 22.7 Å².